The molecular formula is C24H27N3O4. The largest absolute Gasteiger partial charge is 0.493 e. The summed E-state index contributed by atoms with van der Waals surface area (Å²) in [6, 6.07) is 11.8. The van der Waals surface area contributed by atoms with Crippen molar-refractivity contribution in [2.45, 2.75) is 39.2 Å². The van der Waals surface area contributed by atoms with E-state index >= 15 is 0 Å². The number of benzene rings is 2. The Balaban J connectivity index is 1.54. The zero-order valence-electron chi connectivity index (χ0n) is 18.5. The number of hydrogen-bond donors (Lipinski definition) is 0. The molecule has 1 aliphatic heterocycles. The zero-order chi connectivity index (χ0) is 22.1. The van der Waals surface area contributed by atoms with Gasteiger partial charge in [-0.1, -0.05) is 28.9 Å². The number of likely N-dealkylation sites (tertiary alicyclic amines) is 1. The molecule has 3 aromatic rings. The van der Waals surface area contributed by atoms with Gasteiger partial charge in [0.1, 0.15) is 0 Å². The van der Waals surface area contributed by atoms with Gasteiger partial charge in [-0.25, -0.2) is 0 Å². The van der Waals surface area contributed by atoms with Crippen LogP contribution in [0.5, 0.6) is 11.5 Å². The molecule has 0 N–H and O–H groups in total. The predicted molar refractivity (Wildman–Crippen MR) is 116 cm³/mol. The Morgan fingerprint density at radius 2 is 1.87 bits per heavy atom. The zero-order valence-corrected chi connectivity index (χ0v) is 18.5. The van der Waals surface area contributed by atoms with Crippen molar-refractivity contribution in [1.29, 1.82) is 0 Å². The maximum atomic E-state index is 12.8. The smallest absolute Gasteiger partial charge is 0.232 e. The van der Waals surface area contributed by atoms with Gasteiger partial charge in [0.25, 0.3) is 0 Å². The molecule has 2 aromatic carbocycles. The number of aromatic nitrogens is 2. The van der Waals surface area contributed by atoms with Crippen LogP contribution in [0.2, 0.25) is 0 Å². The monoisotopic (exact) mass is 421 g/mol. The SMILES string of the molecule is COc1ccc(C(C)N2CC(c3nc(-c4cc(C)ccc4C)no3)CC2=O)cc1OC. The van der Waals surface area contributed by atoms with Gasteiger partial charge in [0.05, 0.1) is 26.2 Å². The van der Waals surface area contributed by atoms with E-state index in [1.54, 1.807) is 14.2 Å². The molecule has 2 unspecified atom stereocenters. The third-order valence-electron chi connectivity index (χ3n) is 5.94. The minimum atomic E-state index is -0.124. The van der Waals surface area contributed by atoms with E-state index in [-0.39, 0.29) is 17.9 Å². The van der Waals surface area contributed by atoms with Gasteiger partial charge in [0, 0.05) is 18.5 Å². The molecule has 1 aliphatic rings. The standard InChI is InChI=1S/C24H27N3O4/c1-14-6-7-15(2)19(10-14)23-25-24(31-26-23)18-12-22(28)27(13-18)16(3)17-8-9-20(29-4)21(11-17)30-5/h6-11,16,18H,12-13H2,1-5H3. The number of carbonyl (C=O) groups is 1. The van der Waals surface area contributed by atoms with Crippen molar-refractivity contribution in [2.75, 3.05) is 20.8 Å². The summed E-state index contributed by atoms with van der Waals surface area (Å²) in [5.41, 5.74) is 4.16. The summed E-state index contributed by atoms with van der Waals surface area (Å²) in [5, 5.41) is 4.18. The van der Waals surface area contributed by atoms with Gasteiger partial charge in [0.2, 0.25) is 17.6 Å². The average molecular weight is 421 g/mol. The molecule has 7 nitrogen and oxygen atoms in total. The Morgan fingerprint density at radius 3 is 2.61 bits per heavy atom. The van der Waals surface area contributed by atoms with E-state index in [1.165, 1.54) is 0 Å². The fraction of sp³-hybridized carbons (Fsp3) is 0.375. The fourth-order valence-corrected chi connectivity index (χ4v) is 4.05. The first-order valence-corrected chi connectivity index (χ1v) is 10.3. The van der Waals surface area contributed by atoms with E-state index in [9.17, 15) is 4.79 Å². The predicted octanol–water partition coefficient (Wildman–Crippen LogP) is 4.45. The maximum absolute atomic E-state index is 12.8. The van der Waals surface area contributed by atoms with Gasteiger partial charge < -0.3 is 18.9 Å². The fourth-order valence-electron chi connectivity index (χ4n) is 4.05. The Kier molecular flexibility index (Phi) is 5.67. The summed E-state index contributed by atoms with van der Waals surface area (Å²) in [6.45, 7) is 6.60. The van der Waals surface area contributed by atoms with E-state index in [0.29, 0.717) is 36.2 Å². The number of nitrogens with zero attached hydrogens (tertiary/aromatic N) is 3. The van der Waals surface area contributed by atoms with Crippen LogP contribution in [0, 0.1) is 13.8 Å². The summed E-state index contributed by atoms with van der Waals surface area (Å²) in [6.07, 6.45) is 0.353. The van der Waals surface area contributed by atoms with Crippen LogP contribution in [0.1, 0.15) is 47.9 Å². The van der Waals surface area contributed by atoms with E-state index < -0.39 is 0 Å². The van der Waals surface area contributed by atoms with Crippen molar-refractivity contribution in [3.63, 3.8) is 0 Å². The molecule has 0 aliphatic carbocycles. The Morgan fingerprint density at radius 1 is 1.10 bits per heavy atom. The Bertz CT molecular complexity index is 1110. The average Bonchev–Trinajstić information content (AvgIpc) is 3.41. The molecule has 0 spiro atoms. The highest BCUT2D eigenvalue weighted by Crippen LogP contribution is 2.37. The van der Waals surface area contributed by atoms with Crippen LogP contribution in [0.25, 0.3) is 11.4 Å². The minimum Gasteiger partial charge on any atom is -0.493 e. The molecule has 4 rings (SSSR count). The van der Waals surface area contributed by atoms with E-state index in [2.05, 4.69) is 22.3 Å². The first-order valence-electron chi connectivity index (χ1n) is 10.3. The van der Waals surface area contributed by atoms with Gasteiger partial charge in [-0.15, -0.1) is 0 Å². The second-order valence-electron chi connectivity index (χ2n) is 8.01. The molecule has 2 heterocycles. The first kappa shape index (κ1) is 20.9. The van der Waals surface area contributed by atoms with Crippen LogP contribution in [0.15, 0.2) is 40.9 Å². The van der Waals surface area contributed by atoms with Crippen LogP contribution in [0.3, 0.4) is 0 Å². The van der Waals surface area contributed by atoms with Crippen molar-refractivity contribution in [2.24, 2.45) is 0 Å². The normalized spacial score (nSPS) is 17.1. The highest BCUT2D eigenvalue weighted by molar-refractivity contribution is 5.80. The Labute approximate surface area is 182 Å². The second kappa shape index (κ2) is 8.41. The summed E-state index contributed by atoms with van der Waals surface area (Å²) < 4.78 is 16.3. The number of ether oxygens (including phenoxy) is 2. The number of aryl methyl sites for hydroxylation is 2. The lowest BCUT2D eigenvalue weighted by atomic mass is 10.1. The molecule has 7 heteroatoms. The molecule has 0 bridgehead atoms. The summed E-state index contributed by atoms with van der Waals surface area (Å²) in [5.74, 6) is 2.32. The first-order chi connectivity index (χ1) is 14.9. The topological polar surface area (TPSA) is 77.7 Å². The lowest BCUT2D eigenvalue weighted by molar-refractivity contribution is -0.129. The Hall–Kier alpha value is -3.35. The maximum Gasteiger partial charge on any atom is 0.232 e. The van der Waals surface area contributed by atoms with Gasteiger partial charge >= 0.3 is 0 Å². The molecule has 0 radical (unpaired) electrons. The molecule has 1 saturated heterocycles. The van der Waals surface area contributed by atoms with E-state index in [4.69, 9.17) is 14.0 Å². The summed E-state index contributed by atoms with van der Waals surface area (Å²) in [4.78, 5) is 19.3. The minimum absolute atomic E-state index is 0.0683. The van der Waals surface area contributed by atoms with Crippen LogP contribution < -0.4 is 9.47 Å². The quantitative estimate of drug-likeness (QED) is 0.585. The third-order valence-corrected chi connectivity index (χ3v) is 5.94. The molecular weight excluding hydrogens is 394 g/mol. The van der Waals surface area contributed by atoms with Crippen LogP contribution in [-0.4, -0.2) is 41.7 Å². The van der Waals surface area contributed by atoms with Crippen molar-refractivity contribution < 1.29 is 18.8 Å². The van der Waals surface area contributed by atoms with Crippen LogP contribution >= 0.6 is 0 Å². The molecule has 162 valence electrons. The molecule has 2 atom stereocenters. The van der Waals surface area contributed by atoms with Crippen molar-refractivity contribution in [3.8, 4) is 22.9 Å². The van der Waals surface area contributed by atoms with Gasteiger partial charge in [-0.05, 0) is 50.1 Å². The summed E-state index contributed by atoms with van der Waals surface area (Å²) >= 11 is 0. The van der Waals surface area contributed by atoms with E-state index in [0.717, 1.165) is 22.3 Å². The van der Waals surface area contributed by atoms with Crippen LogP contribution in [0.4, 0.5) is 0 Å². The number of carbonyl (C=O) groups excluding carboxylic acids is 1. The second-order valence-corrected chi connectivity index (χ2v) is 8.01. The summed E-state index contributed by atoms with van der Waals surface area (Å²) in [7, 11) is 3.21. The lowest BCUT2D eigenvalue weighted by Crippen LogP contribution is -2.28. The van der Waals surface area contributed by atoms with Crippen molar-refractivity contribution in [3.05, 3.63) is 59.0 Å². The van der Waals surface area contributed by atoms with Gasteiger partial charge in [-0.2, -0.15) is 4.98 Å². The molecule has 1 aromatic heterocycles. The molecule has 31 heavy (non-hydrogen) atoms. The third kappa shape index (κ3) is 4.00. The number of amides is 1. The molecule has 1 fully saturated rings. The highest BCUT2D eigenvalue weighted by atomic mass is 16.5. The van der Waals surface area contributed by atoms with Crippen LogP contribution in [-0.2, 0) is 4.79 Å². The highest BCUT2D eigenvalue weighted by Gasteiger charge is 2.37. The lowest BCUT2D eigenvalue weighted by Gasteiger charge is -2.25. The molecule has 1 amide bonds. The number of methoxy groups -OCH3 is 2. The van der Waals surface area contributed by atoms with E-state index in [1.807, 2.05) is 49.9 Å². The van der Waals surface area contributed by atoms with Gasteiger partial charge in [0.15, 0.2) is 11.5 Å². The van der Waals surface area contributed by atoms with Gasteiger partial charge in [-0.3, -0.25) is 4.79 Å². The number of hydrogen-bond acceptors (Lipinski definition) is 6. The molecule has 0 saturated carbocycles. The van der Waals surface area contributed by atoms with Crippen molar-refractivity contribution in [1.82, 2.24) is 15.0 Å². The van der Waals surface area contributed by atoms with Crippen molar-refractivity contribution >= 4 is 5.91 Å². The number of rotatable bonds is 6.